The average molecular weight is 270 g/mol. The molecule has 0 aromatic rings. The van der Waals surface area contributed by atoms with E-state index in [1.807, 2.05) is 13.8 Å². The van der Waals surface area contributed by atoms with E-state index in [0.717, 1.165) is 6.54 Å². The van der Waals surface area contributed by atoms with Gasteiger partial charge >= 0.3 is 0 Å². The molecule has 114 valence electrons. The maximum atomic E-state index is 8.51. The van der Waals surface area contributed by atoms with Gasteiger partial charge in [0.2, 0.25) is 0 Å². The number of hydrogen-bond acceptors (Lipinski definition) is 3. The van der Waals surface area contributed by atoms with Crippen LogP contribution < -0.4 is 5.32 Å². The van der Waals surface area contributed by atoms with Gasteiger partial charge in [-0.15, -0.1) is 5.16 Å². The van der Waals surface area contributed by atoms with Crippen LogP contribution in [0.2, 0.25) is 0 Å². The fourth-order valence-electron chi connectivity index (χ4n) is 2.21. The van der Waals surface area contributed by atoms with Crippen LogP contribution in [0.3, 0.4) is 0 Å². The molecule has 0 rings (SSSR count). The lowest BCUT2D eigenvalue weighted by atomic mass is 10.1. The zero-order chi connectivity index (χ0) is 14.4. The van der Waals surface area contributed by atoms with Gasteiger partial charge in [-0.2, -0.15) is 0 Å². The predicted octanol–water partition coefficient (Wildman–Crippen LogP) is 4.74. The van der Waals surface area contributed by atoms with Crippen LogP contribution in [0.5, 0.6) is 0 Å². The molecule has 0 saturated heterocycles. The van der Waals surface area contributed by atoms with E-state index in [2.05, 4.69) is 17.4 Å². The van der Waals surface area contributed by atoms with Gasteiger partial charge in [-0.1, -0.05) is 64.7 Å². The third-order valence-electron chi connectivity index (χ3n) is 3.49. The largest absolute Gasteiger partial charge is 0.411 e. The molecule has 0 spiro atoms. The Balaban J connectivity index is 3.19. The summed E-state index contributed by atoms with van der Waals surface area (Å²) in [5.74, 6) is 0. The Morgan fingerprint density at radius 2 is 1.37 bits per heavy atom. The third kappa shape index (κ3) is 13.7. The van der Waals surface area contributed by atoms with Crippen LogP contribution in [0.4, 0.5) is 0 Å². The van der Waals surface area contributed by atoms with Crippen molar-refractivity contribution < 1.29 is 5.21 Å². The van der Waals surface area contributed by atoms with Gasteiger partial charge in [0.15, 0.2) is 0 Å². The number of unbranched alkanes of at least 4 members (excludes halogenated alkanes) is 9. The second kappa shape index (κ2) is 12.5. The lowest BCUT2D eigenvalue weighted by Crippen LogP contribution is -2.41. The number of nitrogens with zero attached hydrogens (tertiary/aromatic N) is 1. The molecule has 0 bridgehead atoms. The van der Waals surface area contributed by atoms with E-state index in [0.29, 0.717) is 0 Å². The van der Waals surface area contributed by atoms with Gasteiger partial charge in [0.05, 0.1) is 11.8 Å². The van der Waals surface area contributed by atoms with Gasteiger partial charge in [-0.3, -0.25) is 0 Å². The lowest BCUT2D eigenvalue weighted by molar-refractivity contribution is 0.315. The van der Waals surface area contributed by atoms with Crippen molar-refractivity contribution in [2.24, 2.45) is 5.16 Å². The molecule has 0 amide bonds. The van der Waals surface area contributed by atoms with Crippen molar-refractivity contribution in [2.45, 2.75) is 90.5 Å². The fraction of sp³-hybridized carbons (Fsp3) is 0.938. The molecule has 0 aromatic carbocycles. The van der Waals surface area contributed by atoms with Crippen molar-refractivity contribution in [3.05, 3.63) is 0 Å². The molecule has 0 heterocycles. The third-order valence-corrected chi connectivity index (χ3v) is 3.49. The van der Waals surface area contributed by atoms with Crippen LogP contribution in [0.15, 0.2) is 5.16 Å². The van der Waals surface area contributed by atoms with Crippen LogP contribution in [0.1, 0.15) is 85.0 Å². The van der Waals surface area contributed by atoms with Crippen molar-refractivity contribution in [1.29, 1.82) is 0 Å². The van der Waals surface area contributed by atoms with Crippen molar-refractivity contribution in [3.8, 4) is 0 Å². The summed E-state index contributed by atoms with van der Waals surface area (Å²) in [5.41, 5.74) is -0.200. The predicted molar refractivity (Wildman–Crippen MR) is 84.2 cm³/mol. The molecule has 0 aliphatic heterocycles. The molecule has 3 nitrogen and oxygen atoms in total. The number of nitrogens with one attached hydrogen (secondary N) is 1. The van der Waals surface area contributed by atoms with Gasteiger partial charge in [0.25, 0.3) is 0 Å². The second-order valence-electron chi connectivity index (χ2n) is 6.08. The molecular weight excluding hydrogens is 236 g/mol. The first kappa shape index (κ1) is 18.4. The highest BCUT2D eigenvalue weighted by Gasteiger charge is 2.12. The van der Waals surface area contributed by atoms with Crippen molar-refractivity contribution in [1.82, 2.24) is 5.32 Å². The molecule has 0 atom stereocenters. The van der Waals surface area contributed by atoms with Gasteiger partial charge in [0.1, 0.15) is 0 Å². The standard InChI is InChI=1S/C16H34N2O/c1-4-5-6-7-8-9-10-11-12-13-14-17-16(2,3)15-18-19/h15,17,19H,4-14H2,1-3H3/b18-15+. The van der Waals surface area contributed by atoms with E-state index >= 15 is 0 Å². The summed E-state index contributed by atoms with van der Waals surface area (Å²) in [6, 6.07) is 0. The first-order valence-corrected chi connectivity index (χ1v) is 8.06. The maximum Gasteiger partial charge on any atom is 0.0631 e. The Hall–Kier alpha value is -0.570. The van der Waals surface area contributed by atoms with Gasteiger partial charge < -0.3 is 10.5 Å². The smallest absolute Gasteiger partial charge is 0.0631 e. The summed E-state index contributed by atoms with van der Waals surface area (Å²) < 4.78 is 0. The van der Waals surface area contributed by atoms with E-state index in [1.165, 1.54) is 64.2 Å². The summed E-state index contributed by atoms with van der Waals surface area (Å²) in [5, 5.41) is 15.0. The summed E-state index contributed by atoms with van der Waals surface area (Å²) in [6.45, 7) is 7.29. The van der Waals surface area contributed by atoms with Crippen molar-refractivity contribution >= 4 is 6.21 Å². The SMILES string of the molecule is CCCCCCCCCCCCNC(C)(C)/C=N/O. The Bertz CT molecular complexity index is 215. The summed E-state index contributed by atoms with van der Waals surface area (Å²) in [6.07, 6.45) is 15.2. The maximum absolute atomic E-state index is 8.51. The molecular formula is C16H34N2O. The zero-order valence-electron chi connectivity index (χ0n) is 13.2. The summed E-state index contributed by atoms with van der Waals surface area (Å²) >= 11 is 0. The molecule has 19 heavy (non-hydrogen) atoms. The lowest BCUT2D eigenvalue weighted by Gasteiger charge is -2.20. The molecule has 0 radical (unpaired) electrons. The Morgan fingerprint density at radius 3 is 1.84 bits per heavy atom. The molecule has 2 N–H and O–H groups in total. The van der Waals surface area contributed by atoms with E-state index in [1.54, 1.807) is 6.21 Å². The van der Waals surface area contributed by atoms with Crippen LogP contribution in [-0.4, -0.2) is 23.5 Å². The zero-order valence-corrected chi connectivity index (χ0v) is 13.2. The monoisotopic (exact) mass is 270 g/mol. The minimum absolute atomic E-state index is 0.200. The van der Waals surface area contributed by atoms with Gasteiger partial charge in [-0.05, 0) is 26.8 Å². The topological polar surface area (TPSA) is 44.6 Å². The van der Waals surface area contributed by atoms with Crippen LogP contribution in [0, 0.1) is 0 Å². The highest BCUT2D eigenvalue weighted by atomic mass is 16.4. The number of oxime groups is 1. The van der Waals surface area contributed by atoms with E-state index in [-0.39, 0.29) is 5.54 Å². The summed E-state index contributed by atoms with van der Waals surface area (Å²) in [4.78, 5) is 0. The van der Waals surface area contributed by atoms with Crippen LogP contribution in [-0.2, 0) is 0 Å². The van der Waals surface area contributed by atoms with Crippen molar-refractivity contribution in [3.63, 3.8) is 0 Å². The minimum Gasteiger partial charge on any atom is -0.411 e. The Kier molecular flexibility index (Phi) is 12.1. The van der Waals surface area contributed by atoms with E-state index in [9.17, 15) is 0 Å². The van der Waals surface area contributed by atoms with Crippen LogP contribution >= 0.6 is 0 Å². The Labute approximate surface area is 119 Å². The number of hydrogen-bond donors (Lipinski definition) is 2. The fourth-order valence-corrected chi connectivity index (χ4v) is 2.21. The molecule has 0 aliphatic carbocycles. The van der Waals surface area contributed by atoms with E-state index in [4.69, 9.17) is 5.21 Å². The highest BCUT2D eigenvalue weighted by molar-refractivity contribution is 5.68. The minimum atomic E-state index is -0.200. The van der Waals surface area contributed by atoms with E-state index < -0.39 is 0 Å². The second-order valence-corrected chi connectivity index (χ2v) is 6.08. The van der Waals surface area contributed by atoms with Crippen LogP contribution in [0.25, 0.3) is 0 Å². The van der Waals surface area contributed by atoms with Gasteiger partial charge in [-0.25, -0.2) is 0 Å². The van der Waals surface area contributed by atoms with Gasteiger partial charge in [0, 0.05) is 0 Å². The average Bonchev–Trinajstić information content (AvgIpc) is 2.36. The molecule has 0 fully saturated rings. The molecule has 3 heteroatoms. The molecule has 0 aliphatic rings. The molecule has 0 unspecified atom stereocenters. The molecule has 0 aromatic heterocycles. The number of rotatable bonds is 13. The summed E-state index contributed by atoms with van der Waals surface area (Å²) in [7, 11) is 0. The quantitative estimate of drug-likeness (QED) is 0.220. The first-order chi connectivity index (χ1) is 9.12. The molecule has 0 saturated carbocycles. The highest BCUT2D eigenvalue weighted by Crippen LogP contribution is 2.10. The first-order valence-electron chi connectivity index (χ1n) is 8.06. The van der Waals surface area contributed by atoms with Crippen molar-refractivity contribution in [2.75, 3.05) is 6.54 Å². The normalized spacial score (nSPS) is 12.4. The Morgan fingerprint density at radius 1 is 0.895 bits per heavy atom.